The first-order valence-corrected chi connectivity index (χ1v) is 7.28. The molecule has 1 N–H and O–H groups in total. The van der Waals surface area contributed by atoms with Crippen molar-refractivity contribution in [3.05, 3.63) is 34.1 Å². The first-order chi connectivity index (χ1) is 8.58. The van der Waals surface area contributed by atoms with Gasteiger partial charge < -0.3 is 10.2 Å². The van der Waals surface area contributed by atoms with E-state index in [0.717, 1.165) is 31.7 Å². The smallest absolute Gasteiger partial charge is 0.137 e. The van der Waals surface area contributed by atoms with Crippen LogP contribution in [0.15, 0.2) is 22.7 Å². The van der Waals surface area contributed by atoms with Crippen molar-refractivity contribution >= 4 is 15.9 Å². The van der Waals surface area contributed by atoms with E-state index >= 15 is 0 Å². The minimum atomic E-state index is -0.214. The first-order valence-electron chi connectivity index (χ1n) is 6.49. The summed E-state index contributed by atoms with van der Waals surface area (Å²) in [7, 11) is 0. The summed E-state index contributed by atoms with van der Waals surface area (Å²) >= 11 is 3.22. The van der Waals surface area contributed by atoms with E-state index < -0.39 is 0 Å². The topological polar surface area (TPSA) is 15.3 Å². The highest BCUT2D eigenvalue weighted by Crippen LogP contribution is 2.20. The Hall–Kier alpha value is -0.450. The highest BCUT2D eigenvalue weighted by atomic mass is 79.9. The van der Waals surface area contributed by atoms with E-state index in [2.05, 4.69) is 46.9 Å². The number of nitrogens with zero attached hydrogens (tertiary/aromatic N) is 1. The van der Waals surface area contributed by atoms with Crippen molar-refractivity contribution in [1.82, 2.24) is 10.2 Å². The van der Waals surface area contributed by atoms with Gasteiger partial charge in [0.2, 0.25) is 0 Å². The van der Waals surface area contributed by atoms with E-state index in [1.807, 2.05) is 12.1 Å². The normalized spacial score (nSPS) is 13.0. The van der Waals surface area contributed by atoms with Crippen LogP contribution in [0.2, 0.25) is 0 Å². The maximum absolute atomic E-state index is 13.1. The molecule has 1 rings (SSSR count). The molecule has 0 fully saturated rings. The number of rotatable bonds is 7. The molecule has 1 unspecified atom stereocenters. The van der Waals surface area contributed by atoms with Crippen LogP contribution in [0, 0.1) is 5.82 Å². The van der Waals surface area contributed by atoms with Gasteiger partial charge in [0.25, 0.3) is 0 Å². The van der Waals surface area contributed by atoms with Crippen molar-refractivity contribution < 1.29 is 4.39 Å². The van der Waals surface area contributed by atoms with Crippen LogP contribution in [0.5, 0.6) is 0 Å². The van der Waals surface area contributed by atoms with Crippen molar-refractivity contribution in [2.45, 2.75) is 26.8 Å². The molecule has 102 valence electrons. The molecule has 0 saturated heterocycles. The number of nitrogens with one attached hydrogen (secondary N) is 1. The summed E-state index contributed by atoms with van der Waals surface area (Å²) < 4.78 is 13.7. The van der Waals surface area contributed by atoms with Gasteiger partial charge in [0.1, 0.15) is 5.82 Å². The minimum absolute atomic E-state index is 0.214. The zero-order chi connectivity index (χ0) is 13.5. The molecular formula is C14H22BrFN2. The fourth-order valence-corrected chi connectivity index (χ4v) is 2.28. The lowest BCUT2D eigenvalue weighted by Crippen LogP contribution is -2.33. The summed E-state index contributed by atoms with van der Waals surface area (Å²) in [5.41, 5.74) is 1.10. The molecular weight excluding hydrogens is 295 g/mol. The van der Waals surface area contributed by atoms with Crippen LogP contribution < -0.4 is 5.32 Å². The summed E-state index contributed by atoms with van der Waals surface area (Å²) in [5, 5.41) is 3.46. The standard InChI is InChI=1S/C14H22BrFN2/c1-4-18(5-2)9-8-17-11(3)12-6-7-14(16)13(15)10-12/h6-7,10-11,17H,4-5,8-9H2,1-3H3. The van der Waals surface area contributed by atoms with Crippen LogP contribution in [0.25, 0.3) is 0 Å². The summed E-state index contributed by atoms with van der Waals surface area (Å²) in [6.45, 7) is 10.6. The Morgan fingerprint density at radius 2 is 2.00 bits per heavy atom. The van der Waals surface area contributed by atoms with Gasteiger partial charge in [0.15, 0.2) is 0 Å². The molecule has 0 heterocycles. The van der Waals surface area contributed by atoms with Crippen LogP contribution in [0.4, 0.5) is 4.39 Å². The number of hydrogen-bond donors (Lipinski definition) is 1. The van der Waals surface area contributed by atoms with Crippen molar-refractivity contribution in [2.24, 2.45) is 0 Å². The second kappa shape index (κ2) is 7.87. The summed E-state index contributed by atoms with van der Waals surface area (Å²) in [4.78, 5) is 2.38. The second-order valence-corrected chi connectivity index (χ2v) is 5.23. The maximum Gasteiger partial charge on any atom is 0.137 e. The lowest BCUT2D eigenvalue weighted by molar-refractivity contribution is 0.298. The van der Waals surface area contributed by atoms with E-state index in [1.165, 1.54) is 6.07 Å². The third-order valence-electron chi connectivity index (χ3n) is 3.22. The minimum Gasteiger partial charge on any atom is -0.309 e. The summed E-state index contributed by atoms with van der Waals surface area (Å²) in [6, 6.07) is 5.40. The van der Waals surface area contributed by atoms with Crippen LogP contribution in [0.1, 0.15) is 32.4 Å². The molecule has 1 aromatic rings. The summed E-state index contributed by atoms with van der Waals surface area (Å²) in [6.07, 6.45) is 0. The predicted octanol–water partition coefficient (Wildman–Crippen LogP) is 3.58. The van der Waals surface area contributed by atoms with Crippen molar-refractivity contribution in [3.63, 3.8) is 0 Å². The zero-order valence-corrected chi connectivity index (χ0v) is 12.9. The summed E-state index contributed by atoms with van der Waals surface area (Å²) in [5.74, 6) is -0.214. The van der Waals surface area contributed by atoms with E-state index in [0.29, 0.717) is 4.47 Å². The van der Waals surface area contributed by atoms with Gasteiger partial charge in [-0.2, -0.15) is 0 Å². The fraction of sp³-hybridized carbons (Fsp3) is 0.571. The van der Waals surface area contributed by atoms with Crippen molar-refractivity contribution in [1.29, 1.82) is 0 Å². The molecule has 0 aromatic heterocycles. The highest BCUT2D eigenvalue weighted by Gasteiger charge is 2.08. The number of halogens is 2. The van der Waals surface area contributed by atoms with Gasteiger partial charge in [-0.3, -0.25) is 0 Å². The number of likely N-dealkylation sites (N-methyl/N-ethyl adjacent to an activating group) is 1. The average molecular weight is 317 g/mol. The highest BCUT2D eigenvalue weighted by molar-refractivity contribution is 9.10. The van der Waals surface area contributed by atoms with Gasteiger partial charge in [-0.1, -0.05) is 19.9 Å². The molecule has 0 aliphatic carbocycles. The Bertz CT molecular complexity index is 367. The Labute approximate surface area is 118 Å². The molecule has 0 bridgehead atoms. The zero-order valence-electron chi connectivity index (χ0n) is 11.3. The van der Waals surface area contributed by atoms with Gasteiger partial charge in [-0.25, -0.2) is 4.39 Å². The fourth-order valence-electron chi connectivity index (χ4n) is 1.88. The van der Waals surface area contributed by atoms with E-state index in [1.54, 1.807) is 0 Å². The van der Waals surface area contributed by atoms with Gasteiger partial charge in [-0.05, 0) is 53.6 Å². The Morgan fingerprint density at radius 3 is 2.56 bits per heavy atom. The Morgan fingerprint density at radius 1 is 1.33 bits per heavy atom. The molecule has 2 nitrogen and oxygen atoms in total. The lowest BCUT2D eigenvalue weighted by atomic mass is 10.1. The van der Waals surface area contributed by atoms with Crippen molar-refractivity contribution in [3.8, 4) is 0 Å². The molecule has 0 aliphatic rings. The molecule has 0 spiro atoms. The molecule has 1 atom stereocenters. The molecule has 1 aromatic carbocycles. The first kappa shape index (κ1) is 15.6. The monoisotopic (exact) mass is 316 g/mol. The molecule has 0 saturated carbocycles. The van der Waals surface area contributed by atoms with Gasteiger partial charge in [0, 0.05) is 19.1 Å². The SMILES string of the molecule is CCN(CC)CCNC(C)c1ccc(F)c(Br)c1. The third kappa shape index (κ3) is 4.67. The van der Waals surface area contributed by atoms with Gasteiger partial charge in [0.05, 0.1) is 4.47 Å². The second-order valence-electron chi connectivity index (χ2n) is 4.38. The molecule has 4 heteroatoms. The van der Waals surface area contributed by atoms with Crippen LogP contribution in [-0.4, -0.2) is 31.1 Å². The van der Waals surface area contributed by atoms with Gasteiger partial charge >= 0.3 is 0 Å². The third-order valence-corrected chi connectivity index (χ3v) is 3.82. The Balaban J connectivity index is 2.45. The number of hydrogen-bond acceptors (Lipinski definition) is 2. The molecule has 0 amide bonds. The lowest BCUT2D eigenvalue weighted by Gasteiger charge is -2.20. The van der Waals surface area contributed by atoms with Crippen LogP contribution in [0.3, 0.4) is 0 Å². The molecule has 0 radical (unpaired) electrons. The van der Waals surface area contributed by atoms with E-state index in [4.69, 9.17) is 0 Å². The van der Waals surface area contributed by atoms with E-state index in [-0.39, 0.29) is 11.9 Å². The number of benzene rings is 1. The van der Waals surface area contributed by atoms with Crippen LogP contribution >= 0.6 is 15.9 Å². The van der Waals surface area contributed by atoms with Crippen molar-refractivity contribution in [2.75, 3.05) is 26.2 Å². The molecule has 18 heavy (non-hydrogen) atoms. The maximum atomic E-state index is 13.1. The quantitative estimate of drug-likeness (QED) is 0.827. The Kier molecular flexibility index (Phi) is 6.82. The predicted molar refractivity (Wildman–Crippen MR) is 78.3 cm³/mol. The van der Waals surface area contributed by atoms with Gasteiger partial charge in [-0.15, -0.1) is 0 Å². The van der Waals surface area contributed by atoms with Crippen LogP contribution in [-0.2, 0) is 0 Å². The average Bonchev–Trinajstić information content (AvgIpc) is 2.37. The largest absolute Gasteiger partial charge is 0.309 e. The molecule has 0 aliphatic heterocycles. The van der Waals surface area contributed by atoms with E-state index in [9.17, 15) is 4.39 Å².